The number of anilines is 1. The van der Waals surface area contributed by atoms with E-state index in [9.17, 15) is 8.42 Å². The number of nitrogens with one attached hydrogen (secondary N) is 2. The van der Waals surface area contributed by atoms with E-state index in [1.54, 1.807) is 12.1 Å². The minimum Gasteiger partial charge on any atom is -0.380 e. The fourth-order valence-corrected chi connectivity index (χ4v) is 4.83. The van der Waals surface area contributed by atoms with Crippen molar-refractivity contribution in [2.45, 2.75) is 63.4 Å². The smallest absolute Gasteiger partial charge is 0.240 e. The molecule has 3 rings (SSSR count). The molecule has 140 valence electrons. The molecule has 2 N–H and O–H groups in total. The highest BCUT2D eigenvalue weighted by Crippen LogP contribution is 2.26. The number of rotatable bonds is 5. The fraction of sp³-hybridized carbons (Fsp3) is 0.429. The van der Waals surface area contributed by atoms with Crippen LogP contribution >= 0.6 is 0 Å². The van der Waals surface area contributed by atoms with E-state index in [0.29, 0.717) is 4.90 Å². The molecule has 1 aliphatic carbocycles. The molecule has 5 heteroatoms. The lowest BCUT2D eigenvalue weighted by Gasteiger charge is -2.33. The highest BCUT2D eigenvalue weighted by molar-refractivity contribution is 7.89. The van der Waals surface area contributed by atoms with Crippen molar-refractivity contribution in [2.24, 2.45) is 0 Å². The maximum atomic E-state index is 12.8. The van der Waals surface area contributed by atoms with Gasteiger partial charge >= 0.3 is 0 Å². The van der Waals surface area contributed by atoms with Crippen molar-refractivity contribution in [3.63, 3.8) is 0 Å². The Bertz CT molecular complexity index is 860. The summed E-state index contributed by atoms with van der Waals surface area (Å²) in [5.74, 6) is 0. The Morgan fingerprint density at radius 2 is 1.46 bits per heavy atom. The van der Waals surface area contributed by atoms with Crippen LogP contribution in [0.15, 0.2) is 47.4 Å². The molecule has 2 aromatic rings. The molecule has 0 spiro atoms. The lowest BCUT2D eigenvalue weighted by atomic mass is 9.90. The van der Waals surface area contributed by atoms with Gasteiger partial charge in [-0.3, -0.25) is 0 Å². The van der Waals surface area contributed by atoms with E-state index in [4.69, 9.17) is 0 Å². The van der Waals surface area contributed by atoms with Crippen LogP contribution in [0, 0.1) is 20.8 Å². The van der Waals surface area contributed by atoms with Crippen LogP contribution in [-0.2, 0) is 10.0 Å². The Balaban J connectivity index is 1.78. The van der Waals surface area contributed by atoms with E-state index < -0.39 is 10.0 Å². The monoisotopic (exact) mass is 372 g/mol. The van der Waals surface area contributed by atoms with Gasteiger partial charge in [0.25, 0.3) is 0 Å². The van der Waals surface area contributed by atoms with Gasteiger partial charge in [0.05, 0.1) is 4.90 Å². The van der Waals surface area contributed by atoms with Gasteiger partial charge in [-0.25, -0.2) is 13.1 Å². The lowest BCUT2D eigenvalue weighted by Crippen LogP contribution is -2.48. The highest BCUT2D eigenvalue weighted by Gasteiger charge is 2.29. The van der Waals surface area contributed by atoms with Crippen LogP contribution in [-0.4, -0.2) is 20.5 Å². The Labute approximate surface area is 157 Å². The predicted octanol–water partition coefficient (Wildman–Crippen LogP) is 4.31. The van der Waals surface area contributed by atoms with Gasteiger partial charge < -0.3 is 5.32 Å². The molecule has 0 saturated heterocycles. The van der Waals surface area contributed by atoms with Gasteiger partial charge in [-0.2, -0.15) is 0 Å². The van der Waals surface area contributed by atoms with E-state index >= 15 is 0 Å². The summed E-state index contributed by atoms with van der Waals surface area (Å²) in [6.07, 6.45) is 3.99. The normalized spacial score (nSPS) is 20.7. The molecule has 26 heavy (non-hydrogen) atoms. The van der Waals surface area contributed by atoms with Gasteiger partial charge in [0.1, 0.15) is 0 Å². The average Bonchev–Trinajstić information content (AvgIpc) is 2.60. The van der Waals surface area contributed by atoms with E-state index in [-0.39, 0.29) is 12.1 Å². The molecule has 1 aliphatic rings. The summed E-state index contributed by atoms with van der Waals surface area (Å²) in [4.78, 5) is 0.333. The predicted molar refractivity (Wildman–Crippen MR) is 107 cm³/mol. The number of benzene rings is 2. The van der Waals surface area contributed by atoms with Crippen LogP contribution in [0.2, 0.25) is 0 Å². The molecule has 0 amide bonds. The second-order valence-corrected chi connectivity index (χ2v) is 9.11. The maximum absolute atomic E-state index is 12.8. The molecule has 1 saturated carbocycles. The lowest BCUT2D eigenvalue weighted by molar-refractivity contribution is 0.378. The zero-order valence-electron chi connectivity index (χ0n) is 15.7. The van der Waals surface area contributed by atoms with Crippen LogP contribution in [0.3, 0.4) is 0 Å². The van der Waals surface area contributed by atoms with Gasteiger partial charge in [0.2, 0.25) is 10.0 Å². The molecule has 0 aromatic heterocycles. The third-order valence-corrected chi connectivity index (χ3v) is 6.64. The van der Waals surface area contributed by atoms with E-state index in [2.05, 4.69) is 42.1 Å². The Hall–Kier alpha value is -1.85. The molecule has 0 unspecified atom stereocenters. The van der Waals surface area contributed by atoms with Crippen molar-refractivity contribution in [1.29, 1.82) is 0 Å². The van der Waals surface area contributed by atoms with Crippen molar-refractivity contribution in [3.8, 4) is 0 Å². The van der Waals surface area contributed by atoms with Gasteiger partial charge in [-0.05, 0) is 62.9 Å². The zero-order chi connectivity index (χ0) is 18.7. The summed E-state index contributed by atoms with van der Waals surface area (Å²) in [6.45, 7) is 6.11. The average molecular weight is 373 g/mol. The first-order valence-electron chi connectivity index (χ1n) is 9.28. The summed E-state index contributed by atoms with van der Waals surface area (Å²) in [7, 11) is -3.51. The van der Waals surface area contributed by atoms with Crippen molar-refractivity contribution in [2.75, 3.05) is 5.32 Å². The first-order valence-corrected chi connectivity index (χ1v) is 10.8. The molecular formula is C21H28N2O2S. The number of hydrogen-bond acceptors (Lipinski definition) is 3. The fourth-order valence-electron chi connectivity index (χ4n) is 3.52. The largest absolute Gasteiger partial charge is 0.380 e. The second kappa shape index (κ2) is 7.80. The number of aryl methyl sites for hydroxylation is 3. The quantitative estimate of drug-likeness (QED) is 0.822. The van der Waals surface area contributed by atoms with Crippen molar-refractivity contribution in [1.82, 2.24) is 4.72 Å². The molecule has 0 radical (unpaired) electrons. The molecule has 1 fully saturated rings. The number of sulfonamides is 1. The summed E-state index contributed by atoms with van der Waals surface area (Å²) in [5.41, 5.74) is 4.53. The third-order valence-electron chi connectivity index (χ3n) is 5.14. The van der Waals surface area contributed by atoms with Gasteiger partial charge in [0, 0.05) is 17.8 Å². The van der Waals surface area contributed by atoms with Gasteiger partial charge in [-0.1, -0.05) is 42.7 Å². The standard InChI is InChI=1S/C21H28N2O2S/c1-15-9-12-18(13-10-15)26(24,25)23-20-7-5-4-6-19(20)22-21-14-16(2)8-11-17(21)3/h8-14,19-20,22-23H,4-7H2,1-3H3/t19-,20-/m1/s1. The van der Waals surface area contributed by atoms with Gasteiger partial charge in [-0.15, -0.1) is 0 Å². The zero-order valence-corrected chi connectivity index (χ0v) is 16.6. The maximum Gasteiger partial charge on any atom is 0.240 e. The summed E-state index contributed by atoms with van der Waals surface area (Å²) >= 11 is 0. The number of hydrogen-bond donors (Lipinski definition) is 2. The molecule has 2 aromatic carbocycles. The molecule has 0 bridgehead atoms. The first-order chi connectivity index (χ1) is 12.3. The second-order valence-electron chi connectivity index (χ2n) is 7.39. The summed E-state index contributed by atoms with van der Waals surface area (Å²) in [5, 5.41) is 3.60. The summed E-state index contributed by atoms with van der Waals surface area (Å²) in [6, 6.07) is 13.4. The van der Waals surface area contributed by atoms with E-state index in [1.807, 2.05) is 19.1 Å². The van der Waals surface area contributed by atoms with Crippen LogP contribution in [0.25, 0.3) is 0 Å². The van der Waals surface area contributed by atoms with Gasteiger partial charge in [0.15, 0.2) is 0 Å². The Kier molecular flexibility index (Phi) is 5.68. The Morgan fingerprint density at radius 1 is 0.846 bits per heavy atom. The minimum absolute atomic E-state index is 0.101. The SMILES string of the molecule is Cc1ccc(S(=O)(=O)N[C@@H]2CCCC[C@H]2Nc2cc(C)ccc2C)cc1. The van der Waals surface area contributed by atoms with E-state index in [0.717, 1.165) is 36.9 Å². The van der Waals surface area contributed by atoms with Crippen LogP contribution in [0.4, 0.5) is 5.69 Å². The van der Waals surface area contributed by atoms with E-state index in [1.165, 1.54) is 11.1 Å². The molecule has 2 atom stereocenters. The molecular weight excluding hydrogens is 344 g/mol. The van der Waals surface area contributed by atoms with Crippen LogP contribution < -0.4 is 10.0 Å². The summed E-state index contributed by atoms with van der Waals surface area (Å²) < 4.78 is 28.5. The highest BCUT2D eigenvalue weighted by atomic mass is 32.2. The molecule has 0 aliphatic heterocycles. The Morgan fingerprint density at radius 3 is 2.15 bits per heavy atom. The minimum atomic E-state index is -3.51. The van der Waals surface area contributed by atoms with Crippen molar-refractivity contribution in [3.05, 3.63) is 59.2 Å². The molecule has 4 nitrogen and oxygen atoms in total. The first kappa shape index (κ1) is 18.9. The van der Waals surface area contributed by atoms with Crippen LogP contribution in [0.5, 0.6) is 0 Å². The molecule has 0 heterocycles. The van der Waals surface area contributed by atoms with Crippen molar-refractivity contribution >= 4 is 15.7 Å². The van der Waals surface area contributed by atoms with Crippen molar-refractivity contribution < 1.29 is 8.42 Å². The third kappa shape index (κ3) is 4.46. The van der Waals surface area contributed by atoms with Crippen LogP contribution in [0.1, 0.15) is 42.4 Å². The topological polar surface area (TPSA) is 58.2 Å².